The van der Waals surface area contributed by atoms with Gasteiger partial charge in [0.2, 0.25) is 11.8 Å². The molecule has 6 rings (SSSR count). The van der Waals surface area contributed by atoms with Crippen LogP contribution in [-0.2, 0) is 9.59 Å². The molecule has 4 atom stereocenters. The first-order chi connectivity index (χ1) is 17.5. The lowest BCUT2D eigenvalue weighted by atomic mass is 9.86. The number of ketones is 1. The third kappa shape index (κ3) is 3.14. The van der Waals surface area contributed by atoms with Gasteiger partial charge in [-0.3, -0.25) is 19.4 Å². The molecule has 0 aliphatic carbocycles. The largest absolute Gasteiger partial charge is 0.493 e. The van der Waals surface area contributed by atoms with Crippen LogP contribution >= 0.6 is 0 Å². The van der Waals surface area contributed by atoms with Crippen molar-refractivity contribution in [2.24, 2.45) is 16.9 Å². The van der Waals surface area contributed by atoms with Gasteiger partial charge in [-0.05, 0) is 47.2 Å². The van der Waals surface area contributed by atoms with Gasteiger partial charge in [0.15, 0.2) is 17.3 Å². The highest BCUT2D eigenvalue weighted by Crippen LogP contribution is 2.46. The number of anilines is 1. The predicted octanol–water partition coefficient (Wildman–Crippen LogP) is 3.45. The molecule has 0 radical (unpaired) electrons. The summed E-state index contributed by atoms with van der Waals surface area (Å²) in [5, 5.41) is 7.94. The summed E-state index contributed by atoms with van der Waals surface area (Å²) >= 11 is 0. The molecule has 36 heavy (non-hydrogen) atoms. The molecule has 2 amide bonds. The third-order valence-electron chi connectivity index (χ3n) is 7.22. The van der Waals surface area contributed by atoms with E-state index in [1.165, 1.54) is 19.1 Å². The van der Waals surface area contributed by atoms with Gasteiger partial charge in [0, 0.05) is 11.8 Å². The van der Waals surface area contributed by atoms with Gasteiger partial charge in [0.05, 0.1) is 37.8 Å². The van der Waals surface area contributed by atoms with Crippen LogP contribution in [0.4, 0.5) is 5.69 Å². The average Bonchev–Trinajstić information content (AvgIpc) is 3.39. The summed E-state index contributed by atoms with van der Waals surface area (Å²) in [6.07, 6.45) is 5.15. The quantitative estimate of drug-likeness (QED) is 0.410. The summed E-state index contributed by atoms with van der Waals surface area (Å²) in [6, 6.07) is 16.7. The van der Waals surface area contributed by atoms with Crippen molar-refractivity contribution >= 4 is 40.3 Å². The number of ether oxygens (including phenoxy) is 2. The van der Waals surface area contributed by atoms with Crippen molar-refractivity contribution < 1.29 is 23.9 Å². The predicted molar refractivity (Wildman–Crippen MR) is 134 cm³/mol. The van der Waals surface area contributed by atoms with Crippen molar-refractivity contribution in [1.29, 1.82) is 0 Å². The van der Waals surface area contributed by atoms with Crippen LogP contribution < -0.4 is 14.4 Å². The molecule has 3 aliphatic heterocycles. The van der Waals surface area contributed by atoms with Crippen LogP contribution in [0.25, 0.3) is 10.8 Å². The van der Waals surface area contributed by atoms with E-state index in [4.69, 9.17) is 9.47 Å². The molecule has 2 fully saturated rings. The van der Waals surface area contributed by atoms with E-state index in [2.05, 4.69) is 5.10 Å². The fourth-order valence-electron chi connectivity index (χ4n) is 5.57. The summed E-state index contributed by atoms with van der Waals surface area (Å²) < 4.78 is 10.7. The lowest BCUT2D eigenvalue weighted by Gasteiger charge is -2.30. The van der Waals surface area contributed by atoms with E-state index in [0.717, 1.165) is 10.8 Å². The van der Waals surface area contributed by atoms with Gasteiger partial charge in [-0.25, -0.2) is 4.90 Å². The summed E-state index contributed by atoms with van der Waals surface area (Å²) in [6.45, 7) is 0. The lowest BCUT2D eigenvalue weighted by Crippen LogP contribution is -2.46. The highest BCUT2D eigenvalue weighted by molar-refractivity contribution is 6.25. The molecule has 0 saturated carbocycles. The summed E-state index contributed by atoms with van der Waals surface area (Å²) in [5.74, 6) is -1.70. The second kappa shape index (κ2) is 8.34. The molecular weight excluding hydrogens is 458 g/mol. The van der Waals surface area contributed by atoms with E-state index in [1.807, 2.05) is 42.5 Å². The molecule has 0 bridgehead atoms. The molecule has 0 spiro atoms. The van der Waals surface area contributed by atoms with Gasteiger partial charge < -0.3 is 9.47 Å². The number of allylic oxidation sites excluding steroid dienone is 1. The van der Waals surface area contributed by atoms with Gasteiger partial charge in [-0.15, -0.1) is 0 Å². The maximum Gasteiger partial charge on any atom is 0.240 e. The van der Waals surface area contributed by atoms with E-state index < -0.39 is 29.8 Å². The number of hydrogen-bond acceptors (Lipinski definition) is 7. The minimum Gasteiger partial charge on any atom is -0.493 e. The Morgan fingerprint density at radius 3 is 2.39 bits per heavy atom. The van der Waals surface area contributed by atoms with Gasteiger partial charge >= 0.3 is 0 Å². The first kappa shape index (κ1) is 22.0. The number of Topliss-reactive ketones (excluding diaryl/α,β-unsaturated/α-hetero) is 1. The average molecular weight is 482 g/mol. The minimum atomic E-state index is -0.929. The monoisotopic (exact) mass is 481 g/mol. The van der Waals surface area contributed by atoms with Crippen LogP contribution in [0.1, 0.15) is 10.4 Å². The van der Waals surface area contributed by atoms with Crippen LogP contribution in [0.2, 0.25) is 0 Å². The van der Waals surface area contributed by atoms with Crippen LogP contribution in [0.3, 0.4) is 0 Å². The van der Waals surface area contributed by atoms with E-state index in [9.17, 15) is 14.4 Å². The molecule has 3 heterocycles. The van der Waals surface area contributed by atoms with Crippen LogP contribution in [0.15, 0.2) is 77.9 Å². The highest BCUT2D eigenvalue weighted by atomic mass is 16.5. The van der Waals surface area contributed by atoms with Crippen molar-refractivity contribution in [2.75, 3.05) is 19.1 Å². The first-order valence-electron chi connectivity index (χ1n) is 11.7. The molecule has 0 unspecified atom stereocenters. The molecule has 2 saturated heterocycles. The highest BCUT2D eigenvalue weighted by Gasteiger charge is 2.64. The van der Waals surface area contributed by atoms with Gasteiger partial charge in [0.25, 0.3) is 0 Å². The minimum absolute atomic E-state index is 0.303. The number of carbonyl (C=O) groups is 3. The van der Waals surface area contributed by atoms with Gasteiger partial charge in [-0.2, -0.15) is 5.10 Å². The molecule has 8 heteroatoms. The molecular formula is C28H23N3O5. The Balaban J connectivity index is 1.42. The first-order valence-corrected chi connectivity index (χ1v) is 11.7. The number of hydrazone groups is 1. The molecule has 3 aromatic rings. The Bertz CT molecular complexity index is 1480. The van der Waals surface area contributed by atoms with E-state index in [1.54, 1.807) is 41.6 Å². The second-order valence-corrected chi connectivity index (χ2v) is 8.99. The fourth-order valence-corrected chi connectivity index (χ4v) is 5.57. The Labute approximate surface area is 207 Å². The van der Waals surface area contributed by atoms with Crippen molar-refractivity contribution in [3.05, 3.63) is 78.4 Å². The van der Waals surface area contributed by atoms with Crippen molar-refractivity contribution in [2.45, 2.75) is 12.1 Å². The maximum absolute atomic E-state index is 13.9. The van der Waals surface area contributed by atoms with Crippen molar-refractivity contribution in [3.8, 4) is 11.5 Å². The van der Waals surface area contributed by atoms with E-state index in [0.29, 0.717) is 22.7 Å². The van der Waals surface area contributed by atoms with Crippen molar-refractivity contribution in [1.82, 2.24) is 5.01 Å². The SMILES string of the molecule is COc1ccc(C(=O)[C@@H]2[C@@H]3C(=O)N(c4ccc5ccccc5c4)C(=O)[C@@H]3[C@H]3C=CC=NN32)cc1OC. The molecule has 180 valence electrons. The zero-order valence-electron chi connectivity index (χ0n) is 19.7. The Kier molecular flexibility index (Phi) is 5.10. The van der Waals surface area contributed by atoms with Gasteiger partial charge in [0.1, 0.15) is 6.04 Å². The number of methoxy groups -OCH3 is 2. The van der Waals surface area contributed by atoms with Crippen LogP contribution in [0, 0.1) is 11.8 Å². The van der Waals surface area contributed by atoms with E-state index >= 15 is 0 Å². The lowest BCUT2D eigenvalue weighted by molar-refractivity contribution is -0.123. The number of hydrogen-bond donors (Lipinski definition) is 0. The molecule has 3 aliphatic rings. The summed E-state index contributed by atoms with van der Waals surface area (Å²) in [4.78, 5) is 42.7. The molecule has 3 aromatic carbocycles. The number of carbonyl (C=O) groups excluding carboxylic acids is 3. The topological polar surface area (TPSA) is 88.5 Å². The Hall–Kier alpha value is -4.46. The maximum atomic E-state index is 13.9. The fraction of sp³-hybridized carbons (Fsp3) is 0.214. The number of nitrogens with zero attached hydrogens (tertiary/aromatic N) is 3. The number of rotatable bonds is 5. The normalized spacial score (nSPS) is 24.3. The molecule has 0 aromatic heterocycles. The summed E-state index contributed by atoms with van der Waals surface area (Å²) in [5.41, 5.74) is 0.858. The van der Waals surface area contributed by atoms with Crippen molar-refractivity contribution in [3.63, 3.8) is 0 Å². The number of amides is 2. The van der Waals surface area contributed by atoms with Crippen LogP contribution in [-0.4, -0.2) is 55.1 Å². The molecule has 0 N–H and O–H groups in total. The number of benzene rings is 3. The Morgan fingerprint density at radius 1 is 0.861 bits per heavy atom. The van der Waals surface area contributed by atoms with E-state index in [-0.39, 0.29) is 11.7 Å². The second-order valence-electron chi connectivity index (χ2n) is 8.99. The zero-order valence-corrected chi connectivity index (χ0v) is 19.7. The number of imide groups is 1. The van der Waals surface area contributed by atoms with Gasteiger partial charge in [-0.1, -0.05) is 36.4 Å². The Morgan fingerprint density at radius 2 is 1.61 bits per heavy atom. The smallest absolute Gasteiger partial charge is 0.240 e. The molecule has 8 nitrogen and oxygen atoms in total. The third-order valence-corrected chi connectivity index (χ3v) is 7.22. The van der Waals surface area contributed by atoms with Crippen LogP contribution in [0.5, 0.6) is 11.5 Å². The summed E-state index contributed by atoms with van der Waals surface area (Å²) in [7, 11) is 3.01. The standard InChI is InChI=1S/C28H23N3O5/c1-35-21-12-10-18(15-22(21)36-2)26(32)25-24-23(20-8-5-13-29-31(20)25)27(33)30(28(24)34)19-11-9-16-6-3-4-7-17(16)14-19/h3-15,20,23-25H,1-2H3/t20-,23-,24-,25+/m1/s1. The number of fused-ring (bicyclic) bond motifs is 4. The zero-order chi connectivity index (χ0) is 25.0.